The van der Waals surface area contributed by atoms with E-state index < -0.39 is 0 Å². The standard InChI is InChI=1S/C14H13N5S/c1-10-4-2-7-16-12(10)9-19-13(17-18-14(19)20)11-5-3-6-15-8-11/h2-8H,9H2,1H3,(H,18,20). The molecule has 3 aromatic heterocycles. The van der Waals surface area contributed by atoms with Crippen molar-refractivity contribution in [2.24, 2.45) is 0 Å². The van der Waals surface area contributed by atoms with Gasteiger partial charge in [-0.3, -0.25) is 19.6 Å². The molecule has 0 fully saturated rings. The second kappa shape index (κ2) is 5.34. The van der Waals surface area contributed by atoms with Crippen molar-refractivity contribution in [3.05, 3.63) is 58.9 Å². The molecule has 0 amide bonds. The molecule has 0 atom stereocenters. The van der Waals surface area contributed by atoms with Crippen LogP contribution in [0.4, 0.5) is 0 Å². The molecule has 20 heavy (non-hydrogen) atoms. The normalized spacial score (nSPS) is 10.7. The molecule has 0 aliphatic carbocycles. The lowest BCUT2D eigenvalue weighted by Gasteiger charge is -2.08. The molecule has 1 N–H and O–H groups in total. The number of pyridine rings is 2. The van der Waals surface area contributed by atoms with E-state index in [1.807, 2.05) is 35.8 Å². The van der Waals surface area contributed by atoms with Gasteiger partial charge in [-0.05, 0) is 42.9 Å². The highest BCUT2D eigenvalue weighted by atomic mass is 32.1. The van der Waals surface area contributed by atoms with E-state index in [1.54, 1.807) is 18.6 Å². The fraction of sp³-hybridized carbons (Fsp3) is 0.143. The molecule has 0 radical (unpaired) electrons. The van der Waals surface area contributed by atoms with Gasteiger partial charge in [0, 0.05) is 24.2 Å². The number of hydrogen-bond acceptors (Lipinski definition) is 4. The second-order valence-electron chi connectivity index (χ2n) is 4.45. The quantitative estimate of drug-likeness (QED) is 0.751. The van der Waals surface area contributed by atoms with Crippen LogP contribution in [0.15, 0.2) is 42.9 Å². The molecule has 0 spiro atoms. The Balaban J connectivity index is 2.05. The smallest absolute Gasteiger partial charge is 0.195 e. The summed E-state index contributed by atoms with van der Waals surface area (Å²) < 4.78 is 2.51. The predicted octanol–water partition coefficient (Wildman–Crippen LogP) is 2.75. The Kier molecular flexibility index (Phi) is 3.39. The molecule has 5 nitrogen and oxygen atoms in total. The molecule has 6 heteroatoms. The maximum absolute atomic E-state index is 5.31. The van der Waals surface area contributed by atoms with Gasteiger partial charge in [-0.2, -0.15) is 5.10 Å². The minimum atomic E-state index is 0.578. The number of aryl methyl sites for hydroxylation is 1. The zero-order chi connectivity index (χ0) is 13.9. The van der Waals surface area contributed by atoms with Crippen molar-refractivity contribution in [2.45, 2.75) is 13.5 Å². The molecule has 0 aliphatic heterocycles. The second-order valence-corrected chi connectivity index (χ2v) is 4.83. The van der Waals surface area contributed by atoms with Crippen LogP contribution in [0.25, 0.3) is 11.4 Å². The maximum Gasteiger partial charge on any atom is 0.195 e. The van der Waals surface area contributed by atoms with Crippen LogP contribution in [-0.4, -0.2) is 24.7 Å². The van der Waals surface area contributed by atoms with Crippen molar-refractivity contribution in [2.75, 3.05) is 0 Å². The van der Waals surface area contributed by atoms with Gasteiger partial charge in [-0.25, -0.2) is 0 Å². The first-order valence-electron chi connectivity index (χ1n) is 6.22. The van der Waals surface area contributed by atoms with Crippen LogP contribution >= 0.6 is 12.2 Å². The summed E-state index contributed by atoms with van der Waals surface area (Å²) in [6.45, 7) is 2.63. The SMILES string of the molecule is Cc1cccnc1Cn1c(-c2cccnc2)n[nH]c1=S. The van der Waals surface area contributed by atoms with Gasteiger partial charge in [-0.1, -0.05) is 6.07 Å². The lowest BCUT2D eigenvalue weighted by Crippen LogP contribution is -2.05. The van der Waals surface area contributed by atoms with Crippen LogP contribution in [0.3, 0.4) is 0 Å². The van der Waals surface area contributed by atoms with Crippen molar-refractivity contribution >= 4 is 12.2 Å². The number of nitrogens with zero attached hydrogens (tertiary/aromatic N) is 4. The molecule has 3 aromatic rings. The van der Waals surface area contributed by atoms with E-state index in [0.717, 1.165) is 22.6 Å². The van der Waals surface area contributed by atoms with E-state index in [2.05, 4.69) is 20.2 Å². The number of nitrogens with one attached hydrogen (secondary N) is 1. The first kappa shape index (κ1) is 12.7. The van der Waals surface area contributed by atoms with Crippen molar-refractivity contribution < 1.29 is 0 Å². The average molecular weight is 283 g/mol. The Bertz CT molecular complexity index is 776. The van der Waals surface area contributed by atoms with Gasteiger partial charge in [0.1, 0.15) is 0 Å². The third-order valence-corrected chi connectivity index (χ3v) is 3.42. The molecule has 0 bridgehead atoms. The molecule has 100 valence electrons. The third kappa shape index (κ3) is 2.37. The van der Waals surface area contributed by atoms with E-state index in [-0.39, 0.29) is 0 Å². The third-order valence-electron chi connectivity index (χ3n) is 3.10. The first-order chi connectivity index (χ1) is 9.75. The summed E-state index contributed by atoms with van der Waals surface area (Å²) in [7, 11) is 0. The zero-order valence-electron chi connectivity index (χ0n) is 10.9. The molecule has 0 unspecified atom stereocenters. The minimum absolute atomic E-state index is 0.578. The highest BCUT2D eigenvalue weighted by Crippen LogP contribution is 2.17. The highest BCUT2D eigenvalue weighted by molar-refractivity contribution is 7.71. The molecule has 0 saturated carbocycles. The topological polar surface area (TPSA) is 59.4 Å². The molecule has 0 saturated heterocycles. The van der Waals surface area contributed by atoms with Crippen LogP contribution in [0.2, 0.25) is 0 Å². The Hall–Kier alpha value is -2.34. The molecule has 0 aromatic carbocycles. The van der Waals surface area contributed by atoms with Gasteiger partial charge in [0.05, 0.1) is 12.2 Å². The van der Waals surface area contributed by atoms with Crippen LogP contribution in [0.5, 0.6) is 0 Å². The Morgan fingerprint density at radius 3 is 2.85 bits per heavy atom. The Morgan fingerprint density at radius 1 is 1.25 bits per heavy atom. The van der Waals surface area contributed by atoms with Crippen molar-refractivity contribution in [1.29, 1.82) is 0 Å². The van der Waals surface area contributed by atoms with Crippen LogP contribution in [0, 0.1) is 11.7 Å². The average Bonchev–Trinajstić information content (AvgIpc) is 2.84. The summed E-state index contributed by atoms with van der Waals surface area (Å²) in [5, 5.41) is 7.13. The van der Waals surface area contributed by atoms with E-state index in [0.29, 0.717) is 11.3 Å². The fourth-order valence-corrected chi connectivity index (χ4v) is 2.21. The molecule has 3 rings (SSSR count). The summed E-state index contributed by atoms with van der Waals surface area (Å²) in [5.41, 5.74) is 3.04. The molecular weight excluding hydrogens is 270 g/mol. The summed E-state index contributed by atoms with van der Waals surface area (Å²) in [5.74, 6) is 0.771. The largest absolute Gasteiger partial charge is 0.294 e. The first-order valence-corrected chi connectivity index (χ1v) is 6.62. The van der Waals surface area contributed by atoms with E-state index in [1.165, 1.54) is 0 Å². The van der Waals surface area contributed by atoms with E-state index in [9.17, 15) is 0 Å². The van der Waals surface area contributed by atoms with Crippen LogP contribution in [0.1, 0.15) is 11.3 Å². The monoisotopic (exact) mass is 283 g/mol. The molecule has 3 heterocycles. The van der Waals surface area contributed by atoms with Crippen molar-refractivity contribution in [3.8, 4) is 11.4 Å². The lowest BCUT2D eigenvalue weighted by molar-refractivity contribution is 0.761. The maximum atomic E-state index is 5.31. The van der Waals surface area contributed by atoms with Crippen molar-refractivity contribution in [3.63, 3.8) is 0 Å². The number of rotatable bonds is 3. The highest BCUT2D eigenvalue weighted by Gasteiger charge is 2.10. The number of H-pyrrole nitrogens is 1. The number of aromatic nitrogens is 5. The zero-order valence-corrected chi connectivity index (χ0v) is 11.8. The Morgan fingerprint density at radius 2 is 2.10 bits per heavy atom. The van der Waals surface area contributed by atoms with Crippen LogP contribution < -0.4 is 0 Å². The Labute approximate surface area is 121 Å². The minimum Gasteiger partial charge on any atom is -0.294 e. The summed E-state index contributed by atoms with van der Waals surface area (Å²) in [6, 6.07) is 7.80. The molecule has 0 aliphatic rings. The van der Waals surface area contributed by atoms with Gasteiger partial charge in [0.2, 0.25) is 0 Å². The lowest BCUT2D eigenvalue weighted by atomic mass is 10.2. The summed E-state index contributed by atoms with van der Waals surface area (Å²) in [4.78, 5) is 8.52. The van der Waals surface area contributed by atoms with Gasteiger partial charge in [0.15, 0.2) is 10.6 Å². The van der Waals surface area contributed by atoms with Gasteiger partial charge in [-0.15, -0.1) is 0 Å². The van der Waals surface area contributed by atoms with Gasteiger partial charge >= 0.3 is 0 Å². The predicted molar refractivity (Wildman–Crippen MR) is 78.7 cm³/mol. The van der Waals surface area contributed by atoms with Gasteiger partial charge < -0.3 is 0 Å². The van der Waals surface area contributed by atoms with Gasteiger partial charge in [0.25, 0.3) is 0 Å². The van der Waals surface area contributed by atoms with E-state index >= 15 is 0 Å². The summed E-state index contributed by atoms with van der Waals surface area (Å²) in [6.07, 6.45) is 5.29. The number of aromatic amines is 1. The summed E-state index contributed by atoms with van der Waals surface area (Å²) >= 11 is 5.31. The van der Waals surface area contributed by atoms with E-state index in [4.69, 9.17) is 12.2 Å². The van der Waals surface area contributed by atoms with Crippen LogP contribution in [-0.2, 0) is 6.54 Å². The molecular formula is C14H13N5S. The fourth-order valence-electron chi connectivity index (χ4n) is 2.01. The number of hydrogen-bond donors (Lipinski definition) is 1. The van der Waals surface area contributed by atoms with Crippen molar-refractivity contribution in [1.82, 2.24) is 24.7 Å².